The second-order valence-corrected chi connectivity index (χ2v) is 6.24. The van der Waals surface area contributed by atoms with Gasteiger partial charge in [0.05, 0.1) is 18.3 Å². The summed E-state index contributed by atoms with van der Waals surface area (Å²) in [6.45, 7) is 9.98. The summed E-state index contributed by atoms with van der Waals surface area (Å²) < 4.78 is 17.4. The van der Waals surface area contributed by atoms with E-state index in [1.54, 1.807) is 13.3 Å². The van der Waals surface area contributed by atoms with Crippen molar-refractivity contribution in [3.8, 4) is 5.88 Å². The number of pyridine rings is 1. The normalized spacial score (nSPS) is 21.9. The van der Waals surface area contributed by atoms with Gasteiger partial charge in [-0.25, -0.2) is 4.98 Å². The highest BCUT2D eigenvalue weighted by atomic mass is 16.7. The van der Waals surface area contributed by atoms with E-state index in [1.165, 1.54) is 0 Å². The topological polar surface area (TPSA) is 66.6 Å². The molecule has 1 atom stereocenters. The minimum atomic E-state index is -0.499. The molecule has 2 heterocycles. The maximum absolute atomic E-state index is 6.04. The van der Waals surface area contributed by atoms with Gasteiger partial charge in [0.25, 0.3) is 0 Å². The van der Waals surface area contributed by atoms with Crippen LogP contribution in [0.25, 0.3) is 0 Å². The number of nitrogens with zero attached hydrogens (tertiary/aromatic N) is 1. The van der Waals surface area contributed by atoms with Crippen LogP contribution in [0.1, 0.15) is 46.2 Å². The van der Waals surface area contributed by atoms with Gasteiger partial charge in [-0.3, -0.25) is 0 Å². The molecule has 0 radical (unpaired) electrons. The lowest BCUT2D eigenvalue weighted by Gasteiger charge is -2.32. The summed E-state index contributed by atoms with van der Waals surface area (Å²) in [5.41, 5.74) is 6.83. The SMILES string of the molecule is COc1ncc(C(C)N)cc1B1OC(C)(C)C(C)(C)O1. The molecule has 1 fully saturated rings. The second-order valence-electron chi connectivity index (χ2n) is 6.24. The van der Waals surface area contributed by atoms with E-state index in [0.717, 1.165) is 11.0 Å². The van der Waals surface area contributed by atoms with Gasteiger partial charge in [-0.1, -0.05) is 6.07 Å². The molecule has 1 unspecified atom stereocenters. The Hall–Kier alpha value is -1.11. The summed E-state index contributed by atoms with van der Waals surface area (Å²) >= 11 is 0. The molecule has 2 rings (SSSR count). The number of hydrogen-bond donors (Lipinski definition) is 1. The number of nitrogens with two attached hydrogens (primary N) is 1. The molecule has 2 N–H and O–H groups in total. The molecule has 6 heteroatoms. The van der Waals surface area contributed by atoms with E-state index in [2.05, 4.69) is 4.98 Å². The van der Waals surface area contributed by atoms with E-state index in [4.69, 9.17) is 19.8 Å². The van der Waals surface area contributed by atoms with Crippen molar-refractivity contribution in [1.82, 2.24) is 4.98 Å². The summed E-state index contributed by atoms with van der Waals surface area (Å²) in [4.78, 5) is 4.30. The second kappa shape index (κ2) is 5.02. The molecule has 1 aromatic rings. The van der Waals surface area contributed by atoms with Crippen molar-refractivity contribution >= 4 is 12.6 Å². The number of aromatic nitrogens is 1. The third-order valence-electron chi connectivity index (χ3n) is 4.13. The number of methoxy groups -OCH3 is 1. The van der Waals surface area contributed by atoms with Crippen molar-refractivity contribution in [1.29, 1.82) is 0 Å². The van der Waals surface area contributed by atoms with Crippen LogP contribution in [0, 0.1) is 0 Å². The average Bonchev–Trinajstić information content (AvgIpc) is 2.57. The summed E-state index contributed by atoms with van der Waals surface area (Å²) in [7, 11) is 1.09. The third kappa shape index (κ3) is 2.55. The first-order valence-corrected chi connectivity index (χ1v) is 6.83. The predicted molar refractivity (Wildman–Crippen MR) is 79.1 cm³/mol. The number of ether oxygens (including phenoxy) is 1. The Balaban J connectivity index is 2.40. The van der Waals surface area contributed by atoms with Gasteiger partial charge >= 0.3 is 7.12 Å². The Kier molecular flexibility index (Phi) is 3.84. The first-order chi connectivity index (χ1) is 9.18. The largest absolute Gasteiger partial charge is 0.500 e. The summed E-state index contributed by atoms with van der Waals surface area (Å²) in [6, 6.07) is 1.84. The van der Waals surface area contributed by atoms with Gasteiger partial charge in [0.2, 0.25) is 5.88 Å². The van der Waals surface area contributed by atoms with Crippen molar-refractivity contribution in [2.75, 3.05) is 7.11 Å². The molecule has 1 aliphatic rings. The highest BCUT2D eigenvalue weighted by Crippen LogP contribution is 2.37. The van der Waals surface area contributed by atoms with Crippen molar-refractivity contribution in [3.63, 3.8) is 0 Å². The Labute approximate surface area is 121 Å². The molecule has 0 saturated carbocycles. The van der Waals surface area contributed by atoms with Crippen molar-refractivity contribution in [2.45, 2.75) is 51.9 Å². The molecular formula is C14H23BN2O3. The maximum atomic E-state index is 6.04. The number of rotatable bonds is 3. The van der Waals surface area contributed by atoms with Crippen LogP contribution < -0.4 is 15.9 Å². The molecular weight excluding hydrogens is 255 g/mol. The average molecular weight is 278 g/mol. The van der Waals surface area contributed by atoms with E-state index in [1.807, 2.05) is 40.7 Å². The van der Waals surface area contributed by atoms with Gasteiger partial charge in [-0.2, -0.15) is 0 Å². The minimum absolute atomic E-state index is 0.102. The van der Waals surface area contributed by atoms with Gasteiger partial charge in [-0.05, 0) is 40.2 Å². The van der Waals surface area contributed by atoms with Gasteiger partial charge in [0.1, 0.15) is 0 Å². The van der Waals surface area contributed by atoms with E-state index in [9.17, 15) is 0 Å². The van der Waals surface area contributed by atoms with Crippen LogP contribution in [0.2, 0.25) is 0 Å². The van der Waals surface area contributed by atoms with E-state index >= 15 is 0 Å². The fourth-order valence-corrected chi connectivity index (χ4v) is 2.04. The lowest BCUT2D eigenvalue weighted by atomic mass is 9.78. The Morgan fingerprint density at radius 2 is 1.80 bits per heavy atom. The lowest BCUT2D eigenvalue weighted by Crippen LogP contribution is -2.41. The van der Waals surface area contributed by atoms with E-state index < -0.39 is 18.3 Å². The van der Waals surface area contributed by atoms with Crippen LogP contribution in [-0.4, -0.2) is 30.4 Å². The van der Waals surface area contributed by atoms with Crippen LogP contribution in [-0.2, 0) is 9.31 Å². The van der Waals surface area contributed by atoms with Gasteiger partial charge in [0, 0.05) is 17.7 Å². The molecule has 0 amide bonds. The van der Waals surface area contributed by atoms with E-state index in [-0.39, 0.29) is 6.04 Å². The zero-order valence-electron chi connectivity index (χ0n) is 13.1. The van der Waals surface area contributed by atoms with Crippen LogP contribution in [0.3, 0.4) is 0 Å². The van der Waals surface area contributed by atoms with Crippen LogP contribution in [0.5, 0.6) is 5.88 Å². The molecule has 1 aliphatic heterocycles. The first kappa shape index (κ1) is 15.3. The smallest absolute Gasteiger partial charge is 0.481 e. The van der Waals surface area contributed by atoms with Gasteiger partial charge in [0.15, 0.2) is 0 Å². The Morgan fingerprint density at radius 1 is 1.25 bits per heavy atom. The minimum Gasteiger partial charge on any atom is -0.481 e. The molecule has 0 spiro atoms. The van der Waals surface area contributed by atoms with Crippen molar-refractivity contribution < 1.29 is 14.0 Å². The molecule has 0 aromatic carbocycles. The highest BCUT2D eigenvalue weighted by Gasteiger charge is 2.52. The zero-order valence-corrected chi connectivity index (χ0v) is 13.1. The monoisotopic (exact) mass is 278 g/mol. The molecule has 5 nitrogen and oxygen atoms in total. The molecule has 20 heavy (non-hydrogen) atoms. The Morgan fingerprint density at radius 3 is 2.25 bits per heavy atom. The van der Waals surface area contributed by atoms with E-state index in [0.29, 0.717) is 5.88 Å². The standard InChI is InChI=1S/C14H23BN2O3/c1-9(16)10-7-11(12(18-6)17-8-10)15-19-13(2,3)14(4,5)20-15/h7-9H,16H2,1-6H3. The molecule has 110 valence electrons. The van der Waals surface area contributed by atoms with Gasteiger partial charge in [-0.15, -0.1) is 0 Å². The van der Waals surface area contributed by atoms with Crippen LogP contribution >= 0.6 is 0 Å². The molecule has 1 aromatic heterocycles. The molecule has 0 aliphatic carbocycles. The molecule has 1 saturated heterocycles. The van der Waals surface area contributed by atoms with Gasteiger partial charge < -0.3 is 19.8 Å². The maximum Gasteiger partial charge on any atom is 0.500 e. The quantitative estimate of drug-likeness (QED) is 0.847. The van der Waals surface area contributed by atoms with Crippen molar-refractivity contribution in [2.24, 2.45) is 5.73 Å². The fraction of sp³-hybridized carbons (Fsp3) is 0.643. The summed E-state index contributed by atoms with van der Waals surface area (Å²) in [6.07, 6.45) is 1.72. The highest BCUT2D eigenvalue weighted by molar-refractivity contribution is 6.63. The molecule has 0 bridgehead atoms. The Bertz CT molecular complexity index is 487. The fourth-order valence-electron chi connectivity index (χ4n) is 2.04. The third-order valence-corrected chi connectivity index (χ3v) is 4.13. The van der Waals surface area contributed by atoms with Crippen molar-refractivity contribution in [3.05, 3.63) is 17.8 Å². The number of hydrogen-bond acceptors (Lipinski definition) is 5. The van der Waals surface area contributed by atoms with Crippen LogP contribution in [0.15, 0.2) is 12.3 Å². The predicted octanol–water partition coefficient (Wildman–Crippen LogP) is 1.41. The lowest BCUT2D eigenvalue weighted by molar-refractivity contribution is 0.00578. The van der Waals surface area contributed by atoms with Crippen LogP contribution in [0.4, 0.5) is 0 Å². The first-order valence-electron chi connectivity index (χ1n) is 6.83. The summed E-state index contributed by atoms with van der Waals surface area (Å²) in [5, 5.41) is 0. The summed E-state index contributed by atoms with van der Waals surface area (Å²) in [5.74, 6) is 0.507. The zero-order chi connectivity index (χ0) is 15.1.